The molecule has 11 nitrogen and oxygen atoms in total. The minimum Gasteiger partial charge on any atom is -0.508 e. The number of phenols is 1. The summed E-state index contributed by atoms with van der Waals surface area (Å²) in [4.78, 5) is 37.5. The van der Waals surface area contributed by atoms with Gasteiger partial charge in [0, 0.05) is 13.0 Å². The van der Waals surface area contributed by atoms with E-state index in [2.05, 4.69) is 16.0 Å². The Labute approximate surface area is 203 Å². The lowest BCUT2D eigenvalue weighted by Gasteiger charge is -2.23. The molecule has 188 valence electrons. The van der Waals surface area contributed by atoms with Crippen molar-refractivity contribution in [3.05, 3.63) is 65.7 Å². The lowest BCUT2D eigenvalue weighted by Crippen LogP contribution is -2.55. The van der Waals surface area contributed by atoms with Gasteiger partial charge >= 0.3 is 5.97 Å². The molecule has 0 bridgehead atoms. The van der Waals surface area contributed by atoms with Crippen LogP contribution in [0.3, 0.4) is 0 Å². The molecule has 0 heterocycles. The number of hydrogen-bond donors (Lipinski definition) is 8. The van der Waals surface area contributed by atoms with Gasteiger partial charge in [-0.3, -0.25) is 15.0 Å². The molecule has 0 radical (unpaired) electrons. The van der Waals surface area contributed by atoms with Gasteiger partial charge in [-0.1, -0.05) is 42.5 Å². The van der Waals surface area contributed by atoms with Crippen LogP contribution in [0.1, 0.15) is 24.0 Å². The molecule has 0 saturated heterocycles. The first-order valence-corrected chi connectivity index (χ1v) is 11.1. The molecule has 2 rings (SSSR count). The Morgan fingerprint density at radius 2 is 1.49 bits per heavy atom. The van der Waals surface area contributed by atoms with Crippen LogP contribution in [0.5, 0.6) is 5.75 Å². The van der Waals surface area contributed by atoms with Crippen molar-refractivity contribution in [3.8, 4) is 5.75 Å². The van der Waals surface area contributed by atoms with E-state index < -0.39 is 35.9 Å². The molecule has 35 heavy (non-hydrogen) atoms. The molecule has 2 amide bonds. The van der Waals surface area contributed by atoms with Crippen LogP contribution in [-0.2, 0) is 27.2 Å². The molecule has 0 saturated carbocycles. The lowest BCUT2D eigenvalue weighted by atomic mass is 10.0. The highest BCUT2D eigenvalue weighted by atomic mass is 16.4. The van der Waals surface area contributed by atoms with E-state index in [0.29, 0.717) is 13.0 Å². The number of aromatic hydroxyl groups is 1. The van der Waals surface area contributed by atoms with Gasteiger partial charge in [-0.25, -0.2) is 4.79 Å². The van der Waals surface area contributed by atoms with Crippen LogP contribution < -0.4 is 27.4 Å². The van der Waals surface area contributed by atoms with E-state index in [1.165, 1.54) is 12.1 Å². The Balaban J connectivity index is 2.06. The van der Waals surface area contributed by atoms with Gasteiger partial charge in [0.15, 0.2) is 5.96 Å². The van der Waals surface area contributed by atoms with Gasteiger partial charge in [0.05, 0.1) is 6.04 Å². The van der Waals surface area contributed by atoms with Crippen LogP contribution in [0.25, 0.3) is 0 Å². The van der Waals surface area contributed by atoms with Gasteiger partial charge < -0.3 is 37.6 Å². The van der Waals surface area contributed by atoms with Gasteiger partial charge in [0.25, 0.3) is 0 Å². The fraction of sp³-hybridized carbons (Fsp3) is 0.333. The monoisotopic (exact) mass is 484 g/mol. The number of nitrogens with two attached hydrogens (primary N) is 2. The molecule has 0 fully saturated rings. The number of guanidine groups is 1. The molecule has 2 aromatic carbocycles. The summed E-state index contributed by atoms with van der Waals surface area (Å²) in [6, 6.07) is 11.9. The number of carboxylic acids is 1. The summed E-state index contributed by atoms with van der Waals surface area (Å²) >= 11 is 0. The fourth-order valence-corrected chi connectivity index (χ4v) is 3.38. The molecule has 2 aromatic rings. The number of aliphatic carboxylic acids is 1. The van der Waals surface area contributed by atoms with Gasteiger partial charge in [0.1, 0.15) is 17.8 Å². The zero-order chi connectivity index (χ0) is 25.8. The Kier molecular flexibility index (Phi) is 10.5. The Morgan fingerprint density at radius 3 is 2.09 bits per heavy atom. The van der Waals surface area contributed by atoms with Crippen LogP contribution in [-0.4, -0.2) is 58.6 Å². The van der Waals surface area contributed by atoms with Gasteiger partial charge in [0.2, 0.25) is 11.8 Å². The molecule has 0 spiro atoms. The third kappa shape index (κ3) is 9.72. The standard InChI is InChI=1S/C24H32N6O5/c25-18(13-16-8-10-17(31)11-9-16)21(32)29-19(7-4-12-28-24(26)27)22(33)30-20(23(34)35)14-15-5-2-1-3-6-15/h1-3,5-6,8-11,18-20,31H,4,7,12-14,25H2,(H,29,32)(H,30,33)(H,34,35)(H4,26,27,28)/t18-,19-,20-/m0/s1. The van der Waals surface area contributed by atoms with Crippen molar-refractivity contribution in [1.29, 1.82) is 5.41 Å². The number of carboxylic acid groups (broad SMARTS) is 1. The number of carbonyl (C=O) groups is 3. The van der Waals surface area contributed by atoms with E-state index in [0.717, 1.165) is 11.1 Å². The van der Waals surface area contributed by atoms with E-state index in [1.54, 1.807) is 42.5 Å². The minimum absolute atomic E-state index is 0.0782. The predicted molar refractivity (Wildman–Crippen MR) is 131 cm³/mol. The Morgan fingerprint density at radius 1 is 0.886 bits per heavy atom. The van der Waals surface area contributed by atoms with Crippen molar-refractivity contribution in [3.63, 3.8) is 0 Å². The number of hydrogen-bond acceptors (Lipinski definition) is 6. The van der Waals surface area contributed by atoms with Gasteiger partial charge in [-0.2, -0.15) is 0 Å². The summed E-state index contributed by atoms with van der Waals surface area (Å²) < 4.78 is 0. The van der Waals surface area contributed by atoms with E-state index in [9.17, 15) is 24.6 Å². The third-order valence-electron chi connectivity index (χ3n) is 5.24. The summed E-state index contributed by atoms with van der Waals surface area (Å²) in [7, 11) is 0. The summed E-state index contributed by atoms with van der Waals surface area (Å²) in [5, 5.41) is 34.0. The molecule has 10 N–H and O–H groups in total. The van der Waals surface area contributed by atoms with Crippen molar-refractivity contribution < 1.29 is 24.6 Å². The maximum atomic E-state index is 13.0. The molecule has 0 aliphatic carbocycles. The molecule has 3 atom stereocenters. The first-order chi connectivity index (χ1) is 16.7. The lowest BCUT2D eigenvalue weighted by molar-refractivity contribution is -0.142. The third-order valence-corrected chi connectivity index (χ3v) is 5.24. The highest BCUT2D eigenvalue weighted by Crippen LogP contribution is 2.11. The second-order valence-electron chi connectivity index (χ2n) is 8.11. The number of carbonyl (C=O) groups excluding carboxylic acids is 2. The second kappa shape index (κ2) is 13.6. The Hall–Kier alpha value is -4.12. The van der Waals surface area contributed by atoms with Crippen molar-refractivity contribution in [2.45, 2.75) is 43.8 Å². The summed E-state index contributed by atoms with van der Waals surface area (Å²) in [5.41, 5.74) is 12.8. The predicted octanol–water partition coefficient (Wildman–Crippen LogP) is -0.178. The maximum absolute atomic E-state index is 13.0. The first kappa shape index (κ1) is 27.1. The molecular weight excluding hydrogens is 452 g/mol. The number of amides is 2. The van der Waals surface area contributed by atoms with E-state index in [-0.39, 0.29) is 31.0 Å². The largest absolute Gasteiger partial charge is 0.508 e. The maximum Gasteiger partial charge on any atom is 0.326 e. The highest BCUT2D eigenvalue weighted by Gasteiger charge is 2.28. The number of nitrogens with one attached hydrogen (secondary N) is 4. The number of rotatable bonds is 13. The van der Waals surface area contributed by atoms with E-state index in [1.807, 2.05) is 0 Å². The molecule has 0 aromatic heterocycles. The zero-order valence-corrected chi connectivity index (χ0v) is 19.2. The molecule has 0 aliphatic rings. The molecule has 11 heteroatoms. The second-order valence-corrected chi connectivity index (χ2v) is 8.11. The van der Waals surface area contributed by atoms with E-state index in [4.69, 9.17) is 16.9 Å². The normalized spacial score (nSPS) is 13.2. The summed E-state index contributed by atoms with van der Waals surface area (Å²) in [6.45, 7) is 0.293. The summed E-state index contributed by atoms with van der Waals surface area (Å²) in [6.07, 6.45) is 0.802. The quantitative estimate of drug-likeness (QED) is 0.109. The fourth-order valence-electron chi connectivity index (χ4n) is 3.38. The van der Waals surface area contributed by atoms with Crippen LogP contribution in [0.4, 0.5) is 0 Å². The topological polar surface area (TPSA) is 204 Å². The first-order valence-electron chi connectivity index (χ1n) is 11.1. The van der Waals surface area contributed by atoms with E-state index >= 15 is 0 Å². The summed E-state index contributed by atoms with van der Waals surface area (Å²) in [5.74, 6) is -2.56. The van der Waals surface area contributed by atoms with Crippen molar-refractivity contribution >= 4 is 23.7 Å². The van der Waals surface area contributed by atoms with Gasteiger partial charge in [-0.15, -0.1) is 0 Å². The average Bonchev–Trinajstić information content (AvgIpc) is 2.82. The number of benzene rings is 2. The Bertz CT molecular complexity index is 999. The minimum atomic E-state index is -1.20. The van der Waals surface area contributed by atoms with Crippen LogP contribution in [0.15, 0.2) is 54.6 Å². The van der Waals surface area contributed by atoms with Gasteiger partial charge in [-0.05, 0) is 42.5 Å². The van der Waals surface area contributed by atoms with Crippen LogP contribution >= 0.6 is 0 Å². The SMILES string of the molecule is N=C(N)NCCC[C@H](NC(=O)[C@@H](N)Cc1ccc(O)cc1)C(=O)N[C@@H](Cc1ccccc1)C(=O)O. The van der Waals surface area contributed by atoms with Crippen molar-refractivity contribution in [1.82, 2.24) is 16.0 Å². The van der Waals surface area contributed by atoms with Crippen molar-refractivity contribution in [2.75, 3.05) is 6.54 Å². The number of phenolic OH excluding ortho intramolecular Hbond substituents is 1. The van der Waals surface area contributed by atoms with Crippen LogP contribution in [0.2, 0.25) is 0 Å². The average molecular weight is 485 g/mol. The zero-order valence-electron chi connectivity index (χ0n) is 19.2. The molecule has 0 unspecified atom stereocenters. The molecule has 0 aliphatic heterocycles. The van der Waals surface area contributed by atoms with Crippen molar-refractivity contribution in [2.24, 2.45) is 11.5 Å². The molecular formula is C24H32N6O5. The highest BCUT2D eigenvalue weighted by molar-refractivity contribution is 5.92. The van der Waals surface area contributed by atoms with Crippen LogP contribution in [0, 0.1) is 5.41 Å². The smallest absolute Gasteiger partial charge is 0.326 e.